The first-order valence-electron chi connectivity index (χ1n) is 3.99. The van der Waals surface area contributed by atoms with E-state index in [1.807, 2.05) is 35.8 Å². The third-order valence-electron chi connectivity index (χ3n) is 1.35. The van der Waals surface area contributed by atoms with Gasteiger partial charge >= 0.3 is 0 Å². The van der Waals surface area contributed by atoms with Crippen molar-refractivity contribution in [1.29, 1.82) is 0 Å². The molecule has 0 unspecified atom stereocenters. The molecular formula is C11H12OS. The monoisotopic (exact) mass is 192 g/mol. The number of rotatable bonds is 4. The van der Waals surface area contributed by atoms with Gasteiger partial charge in [-0.05, 0) is 23.6 Å². The van der Waals surface area contributed by atoms with Crippen molar-refractivity contribution in [2.75, 3.05) is 7.11 Å². The van der Waals surface area contributed by atoms with Crippen LogP contribution >= 0.6 is 11.8 Å². The zero-order chi connectivity index (χ0) is 9.36. The Morgan fingerprint density at radius 2 is 1.92 bits per heavy atom. The molecule has 1 rings (SSSR count). The Kier molecular flexibility index (Phi) is 4.87. The first-order valence-corrected chi connectivity index (χ1v) is 4.87. The summed E-state index contributed by atoms with van der Waals surface area (Å²) in [5.74, 6) is 0. The number of thioether (sulfide) groups is 1. The van der Waals surface area contributed by atoms with Gasteiger partial charge in [0.1, 0.15) is 0 Å². The Bertz CT molecular complexity index is 277. The van der Waals surface area contributed by atoms with E-state index in [1.165, 1.54) is 4.90 Å². The molecule has 0 aliphatic heterocycles. The summed E-state index contributed by atoms with van der Waals surface area (Å²) in [7, 11) is 1.63. The Balaban J connectivity index is 2.35. The summed E-state index contributed by atoms with van der Waals surface area (Å²) in [6.45, 7) is 0. The molecule has 1 aromatic rings. The zero-order valence-electron chi connectivity index (χ0n) is 7.51. The maximum atomic E-state index is 4.75. The smallest absolute Gasteiger partial charge is 0.0824 e. The van der Waals surface area contributed by atoms with Crippen LogP contribution in [0.25, 0.3) is 0 Å². The molecule has 0 atom stereocenters. The van der Waals surface area contributed by atoms with Crippen LogP contribution in [0, 0.1) is 0 Å². The van der Waals surface area contributed by atoms with E-state index >= 15 is 0 Å². The standard InChI is InChI=1S/C11H12OS/c1-12-9-5-6-10-13-11-7-3-2-4-8-11/h2-10H,1H3/b9-5+,10-6+. The van der Waals surface area contributed by atoms with Crippen LogP contribution in [-0.2, 0) is 4.74 Å². The van der Waals surface area contributed by atoms with Gasteiger partial charge in [0, 0.05) is 4.90 Å². The lowest BCUT2D eigenvalue weighted by Crippen LogP contribution is -1.64. The van der Waals surface area contributed by atoms with Gasteiger partial charge in [-0.15, -0.1) is 0 Å². The molecule has 68 valence electrons. The number of allylic oxidation sites excluding steroid dienone is 2. The molecule has 0 spiro atoms. The van der Waals surface area contributed by atoms with Crippen LogP contribution in [0.1, 0.15) is 0 Å². The van der Waals surface area contributed by atoms with Gasteiger partial charge in [-0.25, -0.2) is 0 Å². The molecule has 0 bridgehead atoms. The predicted octanol–water partition coefficient (Wildman–Crippen LogP) is 3.45. The molecule has 0 fully saturated rings. The summed E-state index contributed by atoms with van der Waals surface area (Å²) in [6.07, 6.45) is 5.44. The maximum absolute atomic E-state index is 4.75. The lowest BCUT2D eigenvalue weighted by Gasteiger charge is -1.92. The van der Waals surface area contributed by atoms with Gasteiger partial charge in [0.05, 0.1) is 13.4 Å². The summed E-state index contributed by atoms with van der Waals surface area (Å²) in [6, 6.07) is 10.2. The van der Waals surface area contributed by atoms with Crippen molar-refractivity contribution in [2.45, 2.75) is 4.90 Å². The highest BCUT2D eigenvalue weighted by molar-refractivity contribution is 8.02. The summed E-state index contributed by atoms with van der Waals surface area (Å²) in [5.41, 5.74) is 0. The van der Waals surface area contributed by atoms with Gasteiger partial charge in [-0.1, -0.05) is 36.0 Å². The molecule has 0 saturated carbocycles. The van der Waals surface area contributed by atoms with Crippen LogP contribution in [0.5, 0.6) is 0 Å². The summed E-state index contributed by atoms with van der Waals surface area (Å²) < 4.78 is 4.75. The summed E-state index contributed by atoms with van der Waals surface area (Å²) >= 11 is 1.68. The normalized spacial score (nSPS) is 11.2. The molecule has 0 amide bonds. The van der Waals surface area contributed by atoms with Gasteiger partial charge in [0.15, 0.2) is 0 Å². The molecular weight excluding hydrogens is 180 g/mol. The highest BCUT2D eigenvalue weighted by Gasteiger charge is 1.84. The van der Waals surface area contributed by atoms with E-state index < -0.39 is 0 Å². The number of hydrogen-bond donors (Lipinski definition) is 0. The molecule has 0 N–H and O–H groups in total. The van der Waals surface area contributed by atoms with Crippen LogP contribution < -0.4 is 0 Å². The van der Waals surface area contributed by atoms with E-state index in [4.69, 9.17) is 4.74 Å². The lowest BCUT2D eigenvalue weighted by atomic mass is 10.4. The minimum absolute atomic E-state index is 1.24. The van der Waals surface area contributed by atoms with Gasteiger partial charge in [0.25, 0.3) is 0 Å². The maximum Gasteiger partial charge on any atom is 0.0824 e. The average molecular weight is 192 g/mol. The van der Waals surface area contributed by atoms with Gasteiger partial charge in [-0.3, -0.25) is 0 Å². The topological polar surface area (TPSA) is 9.23 Å². The highest BCUT2D eigenvalue weighted by atomic mass is 32.2. The van der Waals surface area contributed by atoms with E-state index in [9.17, 15) is 0 Å². The largest absolute Gasteiger partial charge is 0.504 e. The van der Waals surface area contributed by atoms with Gasteiger partial charge < -0.3 is 4.74 Å². The highest BCUT2D eigenvalue weighted by Crippen LogP contribution is 2.17. The van der Waals surface area contributed by atoms with E-state index in [1.54, 1.807) is 25.1 Å². The second-order valence-electron chi connectivity index (χ2n) is 2.32. The van der Waals surface area contributed by atoms with Crippen molar-refractivity contribution in [3.05, 3.63) is 54.2 Å². The van der Waals surface area contributed by atoms with Crippen LogP contribution in [0.2, 0.25) is 0 Å². The Labute approximate surface area is 83.1 Å². The molecule has 0 heterocycles. The van der Waals surface area contributed by atoms with Crippen molar-refractivity contribution in [2.24, 2.45) is 0 Å². The number of benzene rings is 1. The lowest BCUT2D eigenvalue weighted by molar-refractivity contribution is 0.338. The third kappa shape index (κ3) is 4.43. The predicted molar refractivity (Wildman–Crippen MR) is 57.6 cm³/mol. The number of hydrogen-bond acceptors (Lipinski definition) is 2. The van der Waals surface area contributed by atoms with E-state index in [0.717, 1.165) is 0 Å². The molecule has 0 aliphatic rings. The molecule has 2 heteroatoms. The summed E-state index contributed by atoms with van der Waals surface area (Å²) in [4.78, 5) is 1.24. The minimum atomic E-state index is 1.24. The van der Waals surface area contributed by atoms with Crippen molar-refractivity contribution in [3.63, 3.8) is 0 Å². The van der Waals surface area contributed by atoms with Gasteiger partial charge in [-0.2, -0.15) is 0 Å². The Morgan fingerprint density at radius 1 is 1.15 bits per heavy atom. The molecule has 0 aliphatic carbocycles. The fraction of sp³-hybridized carbons (Fsp3) is 0.0909. The Hall–Kier alpha value is -1.15. The SMILES string of the molecule is CO/C=C/C=C/Sc1ccccc1. The molecule has 0 radical (unpaired) electrons. The third-order valence-corrected chi connectivity index (χ3v) is 2.19. The first-order chi connectivity index (χ1) is 6.43. The van der Waals surface area contributed by atoms with E-state index in [2.05, 4.69) is 12.1 Å². The summed E-state index contributed by atoms with van der Waals surface area (Å²) in [5, 5.41) is 2.02. The second kappa shape index (κ2) is 6.38. The molecule has 1 aromatic carbocycles. The molecule has 13 heavy (non-hydrogen) atoms. The van der Waals surface area contributed by atoms with Crippen molar-refractivity contribution in [1.82, 2.24) is 0 Å². The van der Waals surface area contributed by atoms with Crippen LogP contribution in [0.3, 0.4) is 0 Å². The zero-order valence-corrected chi connectivity index (χ0v) is 8.33. The quantitative estimate of drug-likeness (QED) is 0.410. The van der Waals surface area contributed by atoms with E-state index in [-0.39, 0.29) is 0 Å². The van der Waals surface area contributed by atoms with Gasteiger partial charge in [0.2, 0.25) is 0 Å². The Morgan fingerprint density at radius 3 is 2.62 bits per heavy atom. The van der Waals surface area contributed by atoms with Crippen molar-refractivity contribution in [3.8, 4) is 0 Å². The molecule has 0 saturated heterocycles. The minimum Gasteiger partial charge on any atom is -0.504 e. The number of methoxy groups -OCH3 is 1. The molecule has 1 nitrogen and oxygen atoms in total. The number of ether oxygens (including phenoxy) is 1. The first kappa shape index (κ1) is 9.93. The second-order valence-corrected chi connectivity index (χ2v) is 3.30. The van der Waals surface area contributed by atoms with Crippen molar-refractivity contribution >= 4 is 11.8 Å². The van der Waals surface area contributed by atoms with Crippen LogP contribution in [-0.4, -0.2) is 7.11 Å². The van der Waals surface area contributed by atoms with Crippen molar-refractivity contribution < 1.29 is 4.74 Å². The van der Waals surface area contributed by atoms with E-state index in [0.29, 0.717) is 0 Å². The van der Waals surface area contributed by atoms with Crippen LogP contribution in [0.15, 0.2) is 59.0 Å². The van der Waals surface area contributed by atoms with Crippen LogP contribution in [0.4, 0.5) is 0 Å². The average Bonchev–Trinajstić information content (AvgIpc) is 2.19. The fourth-order valence-electron chi connectivity index (χ4n) is 0.786. The molecule has 0 aromatic heterocycles. The fourth-order valence-corrected chi connectivity index (χ4v) is 1.43.